The third-order valence-corrected chi connectivity index (χ3v) is 3.61. The van der Waals surface area contributed by atoms with Gasteiger partial charge in [-0.15, -0.1) is 10.2 Å². The summed E-state index contributed by atoms with van der Waals surface area (Å²) in [6, 6.07) is 7.55. The van der Waals surface area contributed by atoms with Crippen molar-refractivity contribution in [1.82, 2.24) is 10.2 Å². The SMILES string of the molecule is CCOC(=O)CSc1nnc(-c2ccccc2Br)o1. The molecule has 0 bridgehead atoms. The van der Waals surface area contributed by atoms with E-state index in [0.717, 1.165) is 21.8 Å². The lowest BCUT2D eigenvalue weighted by molar-refractivity contribution is -0.139. The first-order valence-corrected chi connectivity index (χ1v) is 7.35. The van der Waals surface area contributed by atoms with Crippen molar-refractivity contribution in [3.8, 4) is 11.5 Å². The fraction of sp³-hybridized carbons (Fsp3) is 0.250. The summed E-state index contributed by atoms with van der Waals surface area (Å²) in [6.45, 7) is 2.13. The van der Waals surface area contributed by atoms with Crippen LogP contribution in [0.4, 0.5) is 0 Å². The van der Waals surface area contributed by atoms with Crippen LogP contribution in [0.5, 0.6) is 0 Å². The van der Waals surface area contributed by atoms with Gasteiger partial charge in [-0.25, -0.2) is 0 Å². The second-order valence-electron chi connectivity index (χ2n) is 3.45. The molecule has 0 amide bonds. The third-order valence-electron chi connectivity index (χ3n) is 2.13. The average molecular weight is 343 g/mol. The molecule has 0 aliphatic rings. The topological polar surface area (TPSA) is 65.2 Å². The molecule has 19 heavy (non-hydrogen) atoms. The highest BCUT2D eigenvalue weighted by atomic mass is 79.9. The smallest absolute Gasteiger partial charge is 0.316 e. The Kier molecular flexibility index (Phi) is 4.98. The molecule has 0 radical (unpaired) electrons. The van der Waals surface area contributed by atoms with E-state index in [2.05, 4.69) is 26.1 Å². The highest BCUT2D eigenvalue weighted by molar-refractivity contribution is 9.10. The van der Waals surface area contributed by atoms with Gasteiger partial charge in [0.25, 0.3) is 5.22 Å². The minimum atomic E-state index is -0.298. The summed E-state index contributed by atoms with van der Waals surface area (Å²) in [5.41, 5.74) is 0.818. The van der Waals surface area contributed by atoms with Gasteiger partial charge in [0.1, 0.15) is 5.75 Å². The Morgan fingerprint density at radius 2 is 2.21 bits per heavy atom. The number of rotatable bonds is 5. The highest BCUT2D eigenvalue weighted by Crippen LogP contribution is 2.28. The largest absolute Gasteiger partial charge is 0.465 e. The summed E-state index contributed by atoms with van der Waals surface area (Å²) >= 11 is 4.58. The molecule has 0 aliphatic carbocycles. The number of thioether (sulfide) groups is 1. The van der Waals surface area contributed by atoms with E-state index < -0.39 is 0 Å². The quantitative estimate of drug-likeness (QED) is 0.614. The van der Waals surface area contributed by atoms with Gasteiger partial charge in [-0.1, -0.05) is 23.9 Å². The molecule has 1 heterocycles. The number of esters is 1. The first-order chi connectivity index (χ1) is 9.20. The van der Waals surface area contributed by atoms with Gasteiger partial charge in [0, 0.05) is 4.47 Å². The summed E-state index contributed by atoms with van der Waals surface area (Å²) < 4.78 is 11.2. The van der Waals surface area contributed by atoms with Gasteiger partial charge < -0.3 is 9.15 Å². The Balaban J connectivity index is 2.04. The van der Waals surface area contributed by atoms with Crippen molar-refractivity contribution in [2.24, 2.45) is 0 Å². The van der Waals surface area contributed by atoms with E-state index in [1.165, 1.54) is 0 Å². The first kappa shape index (κ1) is 14.1. The molecule has 0 fully saturated rings. The number of carbonyl (C=O) groups is 1. The molecule has 1 aromatic heterocycles. The first-order valence-electron chi connectivity index (χ1n) is 5.57. The van der Waals surface area contributed by atoms with Crippen LogP contribution in [0, 0.1) is 0 Å². The molecule has 100 valence electrons. The van der Waals surface area contributed by atoms with Gasteiger partial charge >= 0.3 is 5.97 Å². The summed E-state index contributed by atoms with van der Waals surface area (Å²) in [4.78, 5) is 11.2. The van der Waals surface area contributed by atoms with Crippen molar-refractivity contribution >= 4 is 33.7 Å². The summed E-state index contributed by atoms with van der Waals surface area (Å²) in [6.07, 6.45) is 0. The van der Waals surface area contributed by atoms with Crippen LogP contribution in [-0.4, -0.2) is 28.5 Å². The fourth-order valence-corrected chi connectivity index (χ4v) is 2.35. The lowest BCUT2D eigenvalue weighted by Gasteiger charge is -1.98. The van der Waals surface area contributed by atoms with Gasteiger partial charge in [0.15, 0.2) is 0 Å². The van der Waals surface area contributed by atoms with E-state index in [1.807, 2.05) is 24.3 Å². The number of ether oxygens (including phenoxy) is 1. The molecule has 0 spiro atoms. The lowest BCUT2D eigenvalue weighted by Crippen LogP contribution is -2.06. The van der Waals surface area contributed by atoms with Crippen molar-refractivity contribution in [3.05, 3.63) is 28.7 Å². The number of benzene rings is 1. The van der Waals surface area contributed by atoms with Gasteiger partial charge in [-0.2, -0.15) is 0 Å². The zero-order valence-electron chi connectivity index (χ0n) is 10.1. The minimum absolute atomic E-state index is 0.158. The van der Waals surface area contributed by atoms with Crippen molar-refractivity contribution in [3.63, 3.8) is 0 Å². The average Bonchev–Trinajstić information content (AvgIpc) is 2.86. The van der Waals surface area contributed by atoms with Crippen LogP contribution >= 0.6 is 27.7 Å². The van der Waals surface area contributed by atoms with E-state index in [1.54, 1.807) is 6.92 Å². The van der Waals surface area contributed by atoms with Gasteiger partial charge in [0.2, 0.25) is 5.89 Å². The molecule has 5 nitrogen and oxygen atoms in total. The van der Waals surface area contributed by atoms with E-state index >= 15 is 0 Å². The number of hydrogen-bond acceptors (Lipinski definition) is 6. The fourth-order valence-electron chi connectivity index (χ4n) is 1.33. The summed E-state index contributed by atoms with van der Waals surface area (Å²) in [5, 5.41) is 8.18. The second kappa shape index (κ2) is 6.72. The molecule has 0 N–H and O–H groups in total. The molecular weight excluding hydrogens is 332 g/mol. The maximum Gasteiger partial charge on any atom is 0.316 e. The maximum atomic E-state index is 11.2. The number of carbonyl (C=O) groups excluding carboxylic acids is 1. The molecular formula is C12H11BrN2O3S. The Morgan fingerprint density at radius 1 is 1.42 bits per heavy atom. The zero-order valence-corrected chi connectivity index (χ0v) is 12.5. The number of halogens is 1. The molecule has 0 saturated heterocycles. The lowest BCUT2D eigenvalue weighted by atomic mass is 10.2. The summed E-state index contributed by atoms with van der Waals surface area (Å²) in [5.74, 6) is 0.276. The van der Waals surface area contributed by atoms with Crippen LogP contribution < -0.4 is 0 Å². The molecule has 2 aromatic rings. The Bertz CT molecular complexity index is 574. The van der Waals surface area contributed by atoms with Crippen LogP contribution in [0.25, 0.3) is 11.5 Å². The summed E-state index contributed by atoms with van der Waals surface area (Å²) in [7, 11) is 0. The molecule has 0 unspecified atom stereocenters. The molecule has 7 heteroatoms. The van der Waals surface area contributed by atoms with Gasteiger partial charge in [0.05, 0.1) is 12.2 Å². The van der Waals surface area contributed by atoms with Crippen molar-refractivity contribution in [2.45, 2.75) is 12.1 Å². The van der Waals surface area contributed by atoms with E-state index in [4.69, 9.17) is 9.15 Å². The predicted molar refractivity (Wildman–Crippen MR) is 74.8 cm³/mol. The molecule has 0 atom stereocenters. The Hall–Kier alpha value is -1.34. The number of nitrogens with zero attached hydrogens (tertiary/aromatic N) is 2. The van der Waals surface area contributed by atoms with E-state index in [0.29, 0.717) is 17.7 Å². The predicted octanol–water partition coefficient (Wildman–Crippen LogP) is 3.15. The standard InChI is InChI=1S/C12H11BrN2O3S/c1-2-17-10(16)7-19-12-15-14-11(18-12)8-5-3-4-6-9(8)13/h3-6H,2,7H2,1H3. The Labute approximate surface area is 122 Å². The van der Waals surface area contributed by atoms with Crippen molar-refractivity contribution < 1.29 is 13.9 Å². The van der Waals surface area contributed by atoms with Crippen LogP contribution in [0.15, 0.2) is 38.4 Å². The number of hydrogen-bond donors (Lipinski definition) is 0. The number of aromatic nitrogens is 2. The molecule has 2 rings (SSSR count). The zero-order chi connectivity index (χ0) is 13.7. The van der Waals surface area contributed by atoms with Crippen LogP contribution in [0.3, 0.4) is 0 Å². The minimum Gasteiger partial charge on any atom is -0.465 e. The van der Waals surface area contributed by atoms with Crippen molar-refractivity contribution in [1.29, 1.82) is 0 Å². The van der Waals surface area contributed by atoms with Crippen molar-refractivity contribution in [2.75, 3.05) is 12.4 Å². The molecule has 1 aromatic carbocycles. The van der Waals surface area contributed by atoms with Crippen LogP contribution in [0.1, 0.15) is 6.92 Å². The highest BCUT2D eigenvalue weighted by Gasteiger charge is 2.13. The normalized spacial score (nSPS) is 10.4. The third kappa shape index (κ3) is 3.81. The van der Waals surface area contributed by atoms with Crippen LogP contribution in [0.2, 0.25) is 0 Å². The Morgan fingerprint density at radius 3 is 2.95 bits per heavy atom. The van der Waals surface area contributed by atoms with E-state index in [9.17, 15) is 4.79 Å². The van der Waals surface area contributed by atoms with Crippen LogP contribution in [-0.2, 0) is 9.53 Å². The van der Waals surface area contributed by atoms with Gasteiger partial charge in [-0.05, 0) is 35.0 Å². The maximum absolute atomic E-state index is 11.2. The second-order valence-corrected chi connectivity index (χ2v) is 5.23. The molecule has 0 aliphatic heterocycles. The van der Waals surface area contributed by atoms with Gasteiger partial charge in [-0.3, -0.25) is 4.79 Å². The van der Waals surface area contributed by atoms with E-state index in [-0.39, 0.29) is 11.7 Å². The monoisotopic (exact) mass is 342 g/mol. The molecule has 0 saturated carbocycles.